The summed E-state index contributed by atoms with van der Waals surface area (Å²) in [6.45, 7) is 1.93. The average molecular weight is 309 g/mol. The van der Waals surface area contributed by atoms with Gasteiger partial charge in [0.25, 0.3) is 0 Å². The summed E-state index contributed by atoms with van der Waals surface area (Å²) in [6, 6.07) is 7.20. The Hall–Kier alpha value is -1.66. The monoisotopic (exact) mass is 309 g/mol. The maximum absolute atomic E-state index is 13.5. The molecule has 3 rings (SSSR count). The van der Waals surface area contributed by atoms with Crippen LogP contribution in [-0.4, -0.2) is 14.2 Å². The predicted octanol–water partition coefficient (Wildman–Crippen LogP) is 2.99. The van der Waals surface area contributed by atoms with E-state index in [4.69, 9.17) is 4.42 Å². The number of sulfone groups is 1. The van der Waals surface area contributed by atoms with Gasteiger partial charge in [-0.2, -0.15) is 0 Å². The Morgan fingerprint density at radius 3 is 2.90 bits per heavy atom. The lowest BCUT2D eigenvalue weighted by molar-refractivity contribution is 0.380. The van der Waals surface area contributed by atoms with Gasteiger partial charge in [0.15, 0.2) is 9.84 Å². The molecule has 4 nitrogen and oxygen atoms in total. The van der Waals surface area contributed by atoms with Crippen molar-refractivity contribution in [3.63, 3.8) is 0 Å². The van der Waals surface area contributed by atoms with Crippen LogP contribution in [-0.2, 0) is 9.84 Å². The van der Waals surface area contributed by atoms with E-state index >= 15 is 0 Å². The number of furan rings is 1. The highest BCUT2D eigenvalue weighted by Gasteiger charge is 2.31. The largest absolute Gasteiger partial charge is 0.468 e. The molecule has 0 radical (unpaired) electrons. The van der Waals surface area contributed by atoms with Gasteiger partial charge in [0.1, 0.15) is 11.6 Å². The van der Waals surface area contributed by atoms with E-state index < -0.39 is 15.7 Å². The van der Waals surface area contributed by atoms with Crippen LogP contribution in [0.3, 0.4) is 0 Å². The number of rotatable bonds is 3. The smallest absolute Gasteiger partial charge is 0.178 e. The minimum Gasteiger partial charge on any atom is -0.468 e. The Labute approximate surface area is 122 Å². The number of benzene rings is 1. The van der Waals surface area contributed by atoms with Crippen molar-refractivity contribution in [1.29, 1.82) is 0 Å². The van der Waals surface area contributed by atoms with Crippen LogP contribution in [0.25, 0.3) is 0 Å². The molecule has 0 saturated carbocycles. The van der Waals surface area contributed by atoms with Crippen LogP contribution in [0.15, 0.2) is 45.9 Å². The third-order valence-corrected chi connectivity index (χ3v) is 5.59. The summed E-state index contributed by atoms with van der Waals surface area (Å²) in [4.78, 5) is 0.222. The molecule has 2 aromatic rings. The number of nitrogens with one attached hydrogen (secondary N) is 1. The molecule has 1 aliphatic heterocycles. The molecule has 2 heterocycles. The number of hydrogen-bond acceptors (Lipinski definition) is 4. The van der Waals surface area contributed by atoms with E-state index in [0.29, 0.717) is 12.0 Å². The van der Waals surface area contributed by atoms with Gasteiger partial charge < -0.3 is 9.73 Å². The van der Waals surface area contributed by atoms with E-state index in [9.17, 15) is 12.8 Å². The predicted molar refractivity (Wildman–Crippen MR) is 76.1 cm³/mol. The molecule has 1 N–H and O–H groups in total. The topological polar surface area (TPSA) is 59.3 Å². The van der Waals surface area contributed by atoms with Crippen LogP contribution in [0.5, 0.6) is 0 Å². The molecule has 0 amide bonds. The van der Waals surface area contributed by atoms with E-state index in [1.165, 1.54) is 18.2 Å². The van der Waals surface area contributed by atoms with Gasteiger partial charge in [-0.1, -0.05) is 0 Å². The zero-order chi connectivity index (χ0) is 15.0. The standard InChI is InChI=1S/C15H16FNO3S/c1-10(14-3-2-7-20-14)17-13-6-8-21(18,19)15-5-4-11(16)9-12(13)15/h2-5,7,9-10,13,17H,6,8H2,1H3. The average Bonchev–Trinajstić information content (AvgIpc) is 2.96. The van der Waals surface area contributed by atoms with Crippen molar-refractivity contribution < 1.29 is 17.2 Å². The quantitative estimate of drug-likeness (QED) is 0.886. The van der Waals surface area contributed by atoms with E-state index in [2.05, 4.69) is 5.32 Å². The zero-order valence-corrected chi connectivity index (χ0v) is 12.4. The Morgan fingerprint density at radius 1 is 1.38 bits per heavy atom. The lowest BCUT2D eigenvalue weighted by Crippen LogP contribution is -2.31. The van der Waals surface area contributed by atoms with Gasteiger partial charge >= 0.3 is 0 Å². The van der Waals surface area contributed by atoms with Gasteiger partial charge in [-0.25, -0.2) is 12.8 Å². The Morgan fingerprint density at radius 2 is 2.19 bits per heavy atom. The SMILES string of the molecule is CC(NC1CCS(=O)(=O)c2ccc(F)cc21)c1ccco1. The van der Waals surface area contributed by atoms with Gasteiger partial charge in [0, 0.05) is 6.04 Å². The summed E-state index contributed by atoms with van der Waals surface area (Å²) in [6.07, 6.45) is 2.01. The maximum atomic E-state index is 13.5. The highest BCUT2D eigenvalue weighted by atomic mass is 32.2. The van der Waals surface area contributed by atoms with Crippen LogP contribution in [0.1, 0.15) is 36.8 Å². The molecule has 0 spiro atoms. The van der Waals surface area contributed by atoms with E-state index in [1.807, 2.05) is 13.0 Å². The van der Waals surface area contributed by atoms with Crippen LogP contribution in [0.2, 0.25) is 0 Å². The summed E-state index contributed by atoms with van der Waals surface area (Å²) in [5.74, 6) is 0.401. The molecule has 1 aromatic heterocycles. The summed E-state index contributed by atoms with van der Waals surface area (Å²) >= 11 is 0. The minimum absolute atomic E-state index is 0.0637. The van der Waals surface area contributed by atoms with Gasteiger partial charge in [-0.05, 0) is 49.2 Å². The summed E-state index contributed by atoms with van der Waals surface area (Å²) < 4.78 is 43.0. The van der Waals surface area contributed by atoms with E-state index in [0.717, 1.165) is 5.76 Å². The fourth-order valence-corrected chi connectivity index (χ4v) is 4.31. The van der Waals surface area contributed by atoms with Crippen molar-refractivity contribution >= 4 is 9.84 Å². The van der Waals surface area contributed by atoms with Crippen molar-refractivity contribution in [3.8, 4) is 0 Å². The Kier molecular flexibility index (Phi) is 3.59. The summed E-state index contributed by atoms with van der Waals surface area (Å²) in [5, 5.41) is 3.32. The Bertz CT molecular complexity index is 740. The molecule has 112 valence electrons. The first-order valence-electron chi connectivity index (χ1n) is 6.79. The second kappa shape index (κ2) is 5.27. The molecule has 6 heteroatoms. The molecular formula is C15H16FNO3S. The van der Waals surface area contributed by atoms with Crippen molar-refractivity contribution in [2.24, 2.45) is 0 Å². The maximum Gasteiger partial charge on any atom is 0.178 e. The lowest BCUT2D eigenvalue weighted by Gasteiger charge is -2.28. The van der Waals surface area contributed by atoms with Crippen molar-refractivity contribution in [3.05, 3.63) is 53.7 Å². The normalized spacial score (nSPS) is 21.7. The molecule has 2 atom stereocenters. The first-order valence-corrected chi connectivity index (χ1v) is 8.44. The van der Waals surface area contributed by atoms with Gasteiger partial charge in [0.2, 0.25) is 0 Å². The third kappa shape index (κ3) is 2.73. The first-order chi connectivity index (χ1) is 9.97. The molecular weight excluding hydrogens is 293 g/mol. The number of fused-ring (bicyclic) bond motifs is 1. The molecule has 21 heavy (non-hydrogen) atoms. The zero-order valence-electron chi connectivity index (χ0n) is 11.5. The molecule has 2 unspecified atom stereocenters. The number of halogens is 1. The van der Waals surface area contributed by atoms with Crippen molar-refractivity contribution in [2.75, 3.05) is 5.75 Å². The molecule has 0 saturated heterocycles. The lowest BCUT2D eigenvalue weighted by atomic mass is 10.0. The Balaban J connectivity index is 1.93. The van der Waals surface area contributed by atoms with Gasteiger partial charge in [0.05, 0.1) is 23.0 Å². The fraction of sp³-hybridized carbons (Fsp3) is 0.333. The number of hydrogen-bond donors (Lipinski definition) is 1. The summed E-state index contributed by atoms with van der Waals surface area (Å²) in [7, 11) is -3.31. The molecule has 0 aliphatic carbocycles. The van der Waals surface area contributed by atoms with Crippen LogP contribution in [0.4, 0.5) is 4.39 Å². The highest BCUT2D eigenvalue weighted by molar-refractivity contribution is 7.91. The highest BCUT2D eigenvalue weighted by Crippen LogP contribution is 2.34. The minimum atomic E-state index is -3.31. The van der Waals surface area contributed by atoms with Crippen molar-refractivity contribution in [1.82, 2.24) is 5.32 Å². The fourth-order valence-electron chi connectivity index (χ4n) is 2.71. The molecule has 1 aromatic carbocycles. The molecule has 0 bridgehead atoms. The van der Waals surface area contributed by atoms with E-state index in [1.54, 1.807) is 12.3 Å². The van der Waals surface area contributed by atoms with Crippen LogP contribution >= 0.6 is 0 Å². The first kappa shape index (κ1) is 14.3. The van der Waals surface area contributed by atoms with E-state index in [-0.39, 0.29) is 22.7 Å². The van der Waals surface area contributed by atoms with Crippen LogP contribution in [0, 0.1) is 5.82 Å². The second-order valence-electron chi connectivity index (χ2n) is 5.25. The summed E-state index contributed by atoms with van der Waals surface area (Å²) in [5.41, 5.74) is 0.500. The molecule has 1 aliphatic rings. The third-order valence-electron chi connectivity index (χ3n) is 3.78. The van der Waals surface area contributed by atoms with Gasteiger partial charge in [-0.3, -0.25) is 0 Å². The second-order valence-corrected chi connectivity index (χ2v) is 7.32. The molecule has 0 fully saturated rings. The van der Waals surface area contributed by atoms with Gasteiger partial charge in [-0.15, -0.1) is 0 Å². The van der Waals surface area contributed by atoms with Crippen LogP contribution < -0.4 is 5.32 Å². The van der Waals surface area contributed by atoms with Crippen molar-refractivity contribution in [2.45, 2.75) is 30.3 Å².